The molecule has 0 aromatic heterocycles. The minimum Gasteiger partial charge on any atom is -0.167 e. The van der Waals surface area contributed by atoms with E-state index in [1.54, 1.807) is 0 Å². The molecule has 0 saturated heterocycles. The van der Waals surface area contributed by atoms with Gasteiger partial charge in [-0.3, -0.25) is 0 Å². The van der Waals surface area contributed by atoms with Crippen molar-refractivity contribution in [1.82, 2.24) is 0 Å². The number of rotatable bonds is 4. The molecule has 0 heterocycles. The molecule has 0 aromatic rings. The van der Waals surface area contributed by atoms with E-state index in [-0.39, 0.29) is 0 Å². The van der Waals surface area contributed by atoms with Crippen molar-refractivity contribution in [1.29, 1.82) is 0 Å². The lowest BCUT2D eigenvalue weighted by Gasteiger charge is -2.01. The average molecular weight is 126 g/mol. The van der Waals surface area contributed by atoms with Gasteiger partial charge < -0.3 is 0 Å². The molecule has 2 nitrogen and oxygen atoms in total. The molecule has 0 aliphatic carbocycles. The van der Waals surface area contributed by atoms with Crippen LogP contribution >= 0.6 is 0 Å². The number of nitrogens with zero attached hydrogens (tertiary/aromatic N) is 2. The molecule has 0 fully saturated rings. The van der Waals surface area contributed by atoms with E-state index >= 15 is 0 Å². The second kappa shape index (κ2) is 5.48. The zero-order valence-electron chi connectivity index (χ0n) is 6.17. The molecule has 52 valence electrons. The minimum absolute atomic E-state index is 0.579. The van der Waals surface area contributed by atoms with Crippen molar-refractivity contribution in [3.8, 4) is 0 Å². The molecule has 0 atom stereocenters. The molecule has 2 heteroatoms. The highest BCUT2D eigenvalue weighted by molar-refractivity contribution is 5.60. The number of hydrogen-bond acceptors (Lipinski definition) is 2. The first-order chi connectivity index (χ1) is 4.35. The zero-order valence-corrected chi connectivity index (χ0v) is 6.17. The van der Waals surface area contributed by atoms with Gasteiger partial charge in [0, 0.05) is 12.9 Å². The van der Waals surface area contributed by atoms with E-state index in [1.165, 1.54) is 0 Å². The van der Waals surface area contributed by atoms with Gasteiger partial charge in [0.2, 0.25) is 0 Å². The summed E-state index contributed by atoms with van der Waals surface area (Å²) in [6.07, 6.45) is 4.12. The molecular formula is C7H14N2. The van der Waals surface area contributed by atoms with Gasteiger partial charge in [0.15, 0.2) is 0 Å². The van der Waals surface area contributed by atoms with Gasteiger partial charge in [-0.25, -0.2) is 0 Å². The molecule has 0 aliphatic heterocycles. The van der Waals surface area contributed by atoms with Gasteiger partial charge in [-0.15, -0.1) is 0 Å². The molecule has 0 bridgehead atoms. The predicted octanol–water partition coefficient (Wildman–Crippen LogP) is 2.11. The molecule has 9 heavy (non-hydrogen) atoms. The molecular weight excluding hydrogens is 112 g/mol. The van der Waals surface area contributed by atoms with Gasteiger partial charge in [-0.05, 0) is 18.8 Å². The maximum atomic E-state index is 3.70. The Morgan fingerprint density at radius 1 is 1.44 bits per heavy atom. The Balaban J connectivity index is 3.53. The molecule has 0 rings (SSSR count). The zero-order chi connectivity index (χ0) is 7.11. The van der Waals surface area contributed by atoms with E-state index in [9.17, 15) is 0 Å². The van der Waals surface area contributed by atoms with Crippen LogP contribution in [0.2, 0.25) is 0 Å². The Hall–Kier alpha value is -0.660. The highest BCUT2D eigenvalue weighted by atomic mass is 15.2. The first-order valence-electron chi connectivity index (χ1n) is 3.34. The van der Waals surface area contributed by atoms with Crippen molar-refractivity contribution >= 4 is 12.9 Å². The lowest BCUT2D eigenvalue weighted by molar-refractivity contribution is 0.653. The van der Waals surface area contributed by atoms with E-state index in [0.29, 0.717) is 5.92 Å². The fraction of sp³-hybridized carbons (Fsp3) is 0.714. The summed E-state index contributed by atoms with van der Waals surface area (Å²) in [7, 11) is 0. The quantitative estimate of drug-likeness (QED) is 0.407. The van der Waals surface area contributed by atoms with E-state index < -0.39 is 0 Å². The maximum Gasteiger partial charge on any atom is 0.0300 e. The first kappa shape index (κ1) is 8.34. The fourth-order valence-corrected chi connectivity index (χ4v) is 0.641. The molecule has 0 unspecified atom stereocenters. The average Bonchev–Trinajstić information content (AvgIpc) is 1.91. The highest BCUT2D eigenvalue weighted by Gasteiger charge is 1.95. The summed E-state index contributed by atoms with van der Waals surface area (Å²) in [5.74, 6) is 0.579. The first-order valence-corrected chi connectivity index (χ1v) is 3.34. The van der Waals surface area contributed by atoms with Crippen LogP contribution < -0.4 is 0 Å². The third-order valence-electron chi connectivity index (χ3n) is 1.41. The van der Waals surface area contributed by atoms with Gasteiger partial charge in [-0.2, -0.15) is 10.2 Å². The van der Waals surface area contributed by atoms with Crippen LogP contribution in [0.4, 0.5) is 0 Å². The normalized spacial score (nSPS) is 11.0. The molecule has 0 aliphatic rings. The monoisotopic (exact) mass is 126 g/mol. The van der Waals surface area contributed by atoms with Crippen LogP contribution in [0.3, 0.4) is 0 Å². The summed E-state index contributed by atoms with van der Waals surface area (Å²) >= 11 is 0. The SMILES string of the molecule is C=N/N=C/C(CC)CC. The molecule has 0 aromatic carbocycles. The Morgan fingerprint density at radius 3 is 2.33 bits per heavy atom. The van der Waals surface area contributed by atoms with Crippen molar-refractivity contribution in [3.05, 3.63) is 0 Å². The van der Waals surface area contributed by atoms with Gasteiger partial charge in [0.05, 0.1) is 0 Å². The largest absolute Gasteiger partial charge is 0.167 e. The van der Waals surface area contributed by atoms with E-state index in [0.717, 1.165) is 12.8 Å². The Bertz CT molecular complexity index is 93.1. The van der Waals surface area contributed by atoms with E-state index in [2.05, 4.69) is 30.8 Å². The number of hydrogen-bond donors (Lipinski definition) is 0. The minimum atomic E-state index is 0.579. The predicted molar refractivity (Wildman–Crippen MR) is 42.1 cm³/mol. The van der Waals surface area contributed by atoms with Crippen molar-refractivity contribution < 1.29 is 0 Å². The lowest BCUT2D eigenvalue weighted by atomic mass is 10.1. The van der Waals surface area contributed by atoms with Crippen LogP contribution in [0.25, 0.3) is 0 Å². The van der Waals surface area contributed by atoms with Gasteiger partial charge in [0.25, 0.3) is 0 Å². The summed E-state index contributed by atoms with van der Waals surface area (Å²) < 4.78 is 0. The summed E-state index contributed by atoms with van der Waals surface area (Å²) in [6, 6.07) is 0. The van der Waals surface area contributed by atoms with E-state index in [1.807, 2.05) is 6.21 Å². The Labute approximate surface area is 56.7 Å². The van der Waals surface area contributed by atoms with Crippen LogP contribution in [-0.4, -0.2) is 12.9 Å². The Morgan fingerprint density at radius 2 is 2.00 bits per heavy atom. The van der Waals surface area contributed by atoms with Gasteiger partial charge >= 0.3 is 0 Å². The van der Waals surface area contributed by atoms with Crippen molar-refractivity contribution in [2.75, 3.05) is 0 Å². The summed E-state index contributed by atoms with van der Waals surface area (Å²) in [4.78, 5) is 0. The summed E-state index contributed by atoms with van der Waals surface area (Å²) in [5.41, 5.74) is 0. The van der Waals surface area contributed by atoms with Crippen LogP contribution in [0.15, 0.2) is 10.2 Å². The third-order valence-corrected chi connectivity index (χ3v) is 1.41. The van der Waals surface area contributed by atoms with Crippen LogP contribution in [0.1, 0.15) is 26.7 Å². The van der Waals surface area contributed by atoms with Gasteiger partial charge in [0.1, 0.15) is 0 Å². The van der Waals surface area contributed by atoms with Crippen LogP contribution in [-0.2, 0) is 0 Å². The molecule has 0 N–H and O–H groups in total. The summed E-state index contributed by atoms with van der Waals surface area (Å²) in [6.45, 7) is 7.54. The second-order valence-electron chi connectivity index (χ2n) is 1.98. The van der Waals surface area contributed by atoms with E-state index in [4.69, 9.17) is 0 Å². The van der Waals surface area contributed by atoms with Crippen LogP contribution in [0.5, 0.6) is 0 Å². The molecule has 0 radical (unpaired) electrons. The van der Waals surface area contributed by atoms with Crippen molar-refractivity contribution in [2.45, 2.75) is 26.7 Å². The summed E-state index contributed by atoms with van der Waals surface area (Å²) in [5, 5.41) is 7.09. The maximum absolute atomic E-state index is 3.70. The van der Waals surface area contributed by atoms with Gasteiger partial charge in [-0.1, -0.05) is 13.8 Å². The molecule has 0 amide bonds. The fourth-order valence-electron chi connectivity index (χ4n) is 0.641. The highest BCUT2D eigenvalue weighted by Crippen LogP contribution is 2.02. The topological polar surface area (TPSA) is 24.7 Å². The standard InChI is InChI=1S/C7H14N2/c1-4-7(5-2)6-9-8-3/h6-7H,3-5H2,1-2H3/b9-6+. The van der Waals surface area contributed by atoms with Crippen LogP contribution in [0, 0.1) is 5.92 Å². The molecule has 0 saturated carbocycles. The Kier molecular flexibility index (Phi) is 5.07. The smallest absolute Gasteiger partial charge is 0.0300 e. The lowest BCUT2D eigenvalue weighted by Crippen LogP contribution is -1.96. The third kappa shape index (κ3) is 3.88. The van der Waals surface area contributed by atoms with Crippen molar-refractivity contribution in [3.63, 3.8) is 0 Å². The second-order valence-corrected chi connectivity index (χ2v) is 1.98. The molecule has 0 spiro atoms. The van der Waals surface area contributed by atoms with Crippen molar-refractivity contribution in [2.24, 2.45) is 16.1 Å².